The van der Waals surface area contributed by atoms with Crippen molar-refractivity contribution in [3.05, 3.63) is 0 Å². The van der Waals surface area contributed by atoms with Crippen molar-refractivity contribution in [2.24, 2.45) is 11.1 Å². The summed E-state index contributed by atoms with van der Waals surface area (Å²) in [5.41, 5.74) is 4.72. The fourth-order valence-electron chi connectivity index (χ4n) is 1.31. The first-order chi connectivity index (χ1) is 7.29. The van der Waals surface area contributed by atoms with Crippen molar-refractivity contribution in [1.29, 1.82) is 0 Å². The summed E-state index contributed by atoms with van der Waals surface area (Å²) in [5, 5.41) is 2.55. The van der Waals surface area contributed by atoms with Gasteiger partial charge in [0.1, 0.15) is 6.04 Å². The number of hydrogen-bond donors (Lipinski definition) is 2. The molecule has 0 aromatic heterocycles. The van der Waals surface area contributed by atoms with Gasteiger partial charge in [0.15, 0.2) is 0 Å². The average molecular weight is 227 g/mol. The maximum absolute atomic E-state index is 11.7. The Hall–Kier alpha value is -1.43. The molecular formula is C10H17N3O3. The lowest BCUT2D eigenvalue weighted by Crippen LogP contribution is -2.48. The van der Waals surface area contributed by atoms with Gasteiger partial charge in [0.25, 0.3) is 5.91 Å². The van der Waals surface area contributed by atoms with E-state index in [4.69, 9.17) is 5.73 Å². The molecule has 1 fully saturated rings. The van der Waals surface area contributed by atoms with E-state index in [-0.39, 0.29) is 30.7 Å². The quantitative estimate of drug-likeness (QED) is 0.595. The van der Waals surface area contributed by atoms with Gasteiger partial charge < -0.3 is 11.1 Å². The van der Waals surface area contributed by atoms with Crippen molar-refractivity contribution in [3.63, 3.8) is 0 Å². The molecule has 6 nitrogen and oxygen atoms in total. The van der Waals surface area contributed by atoms with E-state index >= 15 is 0 Å². The topological polar surface area (TPSA) is 92.5 Å². The summed E-state index contributed by atoms with van der Waals surface area (Å²) in [6, 6.07) is -0.740. The van der Waals surface area contributed by atoms with Gasteiger partial charge in [0, 0.05) is 13.6 Å². The van der Waals surface area contributed by atoms with Crippen LogP contribution in [0.5, 0.6) is 0 Å². The molecule has 3 N–H and O–H groups in total. The Morgan fingerprint density at radius 3 is 2.50 bits per heavy atom. The van der Waals surface area contributed by atoms with Crippen LogP contribution in [-0.2, 0) is 14.4 Å². The molecule has 1 heterocycles. The monoisotopic (exact) mass is 227 g/mol. The molecule has 3 amide bonds. The minimum Gasteiger partial charge on any atom is -0.343 e. The second kappa shape index (κ2) is 4.21. The molecule has 0 radical (unpaired) electrons. The summed E-state index contributed by atoms with van der Waals surface area (Å²) < 4.78 is 0. The minimum absolute atomic E-state index is 0.0295. The van der Waals surface area contributed by atoms with Crippen molar-refractivity contribution >= 4 is 17.7 Å². The lowest BCUT2D eigenvalue weighted by atomic mass is 9.92. The molecule has 0 bridgehead atoms. The molecule has 90 valence electrons. The molecular weight excluding hydrogens is 210 g/mol. The van der Waals surface area contributed by atoms with Gasteiger partial charge in [-0.15, -0.1) is 0 Å². The second-order valence-electron chi connectivity index (χ2n) is 4.61. The highest BCUT2D eigenvalue weighted by atomic mass is 16.2. The Balaban J connectivity index is 2.67. The molecule has 0 aliphatic carbocycles. The minimum atomic E-state index is -0.740. The van der Waals surface area contributed by atoms with Gasteiger partial charge in [-0.3, -0.25) is 19.3 Å². The van der Waals surface area contributed by atoms with Crippen LogP contribution < -0.4 is 11.1 Å². The first-order valence-corrected chi connectivity index (χ1v) is 5.11. The van der Waals surface area contributed by atoms with Crippen LogP contribution in [0.25, 0.3) is 0 Å². The average Bonchev–Trinajstić information content (AvgIpc) is 2.46. The Morgan fingerprint density at radius 1 is 1.56 bits per heavy atom. The van der Waals surface area contributed by atoms with Gasteiger partial charge in [-0.25, -0.2) is 0 Å². The number of rotatable bonds is 3. The third-order valence-electron chi connectivity index (χ3n) is 2.81. The largest absolute Gasteiger partial charge is 0.343 e. The molecule has 0 aromatic rings. The Bertz CT molecular complexity index is 338. The molecule has 1 rings (SSSR count). The molecule has 1 aliphatic rings. The third-order valence-corrected chi connectivity index (χ3v) is 2.81. The molecule has 6 heteroatoms. The van der Waals surface area contributed by atoms with Crippen molar-refractivity contribution in [1.82, 2.24) is 10.2 Å². The van der Waals surface area contributed by atoms with Crippen LogP contribution in [0.2, 0.25) is 0 Å². The zero-order valence-electron chi connectivity index (χ0n) is 9.74. The summed E-state index contributed by atoms with van der Waals surface area (Å²) in [7, 11) is 1.41. The zero-order chi connectivity index (χ0) is 12.5. The molecule has 0 spiro atoms. The van der Waals surface area contributed by atoms with E-state index in [0.29, 0.717) is 0 Å². The number of carbonyl (C=O) groups is 3. The van der Waals surface area contributed by atoms with E-state index in [1.165, 1.54) is 7.05 Å². The second-order valence-corrected chi connectivity index (χ2v) is 4.61. The summed E-state index contributed by atoms with van der Waals surface area (Å²) in [6.07, 6.45) is 0.0295. The predicted molar refractivity (Wildman–Crippen MR) is 57.2 cm³/mol. The van der Waals surface area contributed by atoms with E-state index in [9.17, 15) is 14.4 Å². The highest BCUT2D eigenvalue weighted by Crippen LogP contribution is 2.16. The van der Waals surface area contributed by atoms with Crippen LogP contribution in [0, 0.1) is 5.41 Å². The fourth-order valence-corrected chi connectivity index (χ4v) is 1.31. The van der Waals surface area contributed by atoms with Crippen molar-refractivity contribution < 1.29 is 14.4 Å². The van der Waals surface area contributed by atoms with Gasteiger partial charge in [-0.2, -0.15) is 0 Å². The van der Waals surface area contributed by atoms with Crippen molar-refractivity contribution in [2.75, 3.05) is 13.6 Å². The fraction of sp³-hybridized carbons (Fsp3) is 0.700. The van der Waals surface area contributed by atoms with Crippen LogP contribution in [-0.4, -0.2) is 42.3 Å². The number of likely N-dealkylation sites (N-methyl/N-ethyl adjacent to an activating group) is 1. The van der Waals surface area contributed by atoms with Crippen LogP contribution in [0.3, 0.4) is 0 Å². The number of likely N-dealkylation sites (tertiary alicyclic amines) is 1. The number of amides is 3. The molecule has 16 heavy (non-hydrogen) atoms. The first-order valence-electron chi connectivity index (χ1n) is 5.11. The van der Waals surface area contributed by atoms with Crippen LogP contribution >= 0.6 is 0 Å². The Labute approximate surface area is 94.2 Å². The normalized spacial score (nSPS) is 21.5. The number of nitrogens with zero attached hydrogens (tertiary/aromatic N) is 1. The first kappa shape index (κ1) is 12.6. The zero-order valence-corrected chi connectivity index (χ0v) is 9.74. The molecule has 1 aliphatic heterocycles. The summed E-state index contributed by atoms with van der Waals surface area (Å²) in [6.45, 7) is 3.56. The van der Waals surface area contributed by atoms with Gasteiger partial charge in [0.2, 0.25) is 11.8 Å². The van der Waals surface area contributed by atoms with E-state index < -0.39 is 11.5 Å². The van der Waals surface area contributed by atoms with Crippen LogP contribution in [0.4, 0.5) is 0 Å². The van der Waals surface area contributed by atoms with Gasteiger partial charge in [-0.05, 0) is 13.8 Å². The maximum Gasteiger partial charge on any atom is 0.252 e. The molecule has 1 unspecified atom stereocenters. The summed E-state index contributed by atoms with van der Waals surface area (Å²) in [4.78, 5) is 35.5. The Morgan fingerprint density at radius 2 is 2.12 bits per heavy atom. The number of carbonyl (C=O) groups excluding carboxylic acids is 3. The number of imide groups is 1. The predicted octanol–water partition coefficient (Wildman–Crippen LogP) is -1.16. The summed E-state index contributed by atoms with van der Waals surface area (Å²) in [5.74, 6) is -0.955. The highest BCUT2D eigenvalue weighted by molar-refractivity contribution is 6.06. The maximum atomic E-state index is 11.7. The number of nitrogens with two attached hydrogens (primary N) is 1. The molecule has 1 saturated heterocycles. The van der Waals surface area contributed by atoms with E-state index in [0.717, 1.165) is 4.90 Å². The van der Waals surface area contributed by atoms with E-state index in [2.05, 4.69) is 5.32 Å². The molecule has 0 aromatic carbocycles. The molecule has 1 atom stereocenters. The van der Waals surface area contributed by atoms with Crippen LogP contribution in [0.1, 0.15) is 20.3 Å². The summed E-state index contributed by atoms with van der Waals surface area (Å²) >= 11 is 0. The highest BCUT2D eigenvalue weighted by Gasteiger charge is 2.39. The number of hydrogen-bond acceptors (Lipinski definition) is 4. The SMILES string of the molecule is CN1C(=O)CC(NC(=O)C(C)(C)CN)C1=O. The standard InChI is InChI=1S/C10H17N3O3/c1-10(2,5-11)9(16)12-6-4-7(14)13(3)8(6)15/h6H,4-5,11H2,1-3H3,(H,12,16). The third kappa shape index (κ3) is 2.21. The van der Waals surface area contributed by atoms with Gasteiger partial charge in [-0.1, -0.05) is 0 Å². The van der Waals surface area contributed by atoms with Crippen LogP contribution in [0.15, 0.2) is 0 Å². The lowest BCUT2D eigenvalue weighted by Gasteiger charge is -2.23. The van der Waals surface area contributed by atoms with Crippen molar-refractivity contribution in [3.8, 4) is 0 Å². The molecule has 0 saturated carbocycles. The van der Waals surface area contributed by atoms with E-state index in [1.807, 2.05) is 0 Å². The number of nitrogens with one attached hydrogen (secondary N) is 1. The van der Waals surface area contributed by atoms with Gasteiger partial charge >= 0.3 is 0 Å². The lowest BCUT2D eigenvalue weighted by molar-refractivity contribution is -0.139. The Kier molecular flexibility index (Phi) is 3.32. The smallest absolute Gasteiger partial charge is 0.252 e. The van der Waals surface area contributed by atoms with Crippen molar-refractivity contribution in [2.45, 2.75) is 26.3 Å². The van der Waals surface area contributed by atoms with Gasteiger partial charge in [0.05, 0.1) is 11.8 Å². The van der Waals surface area contributed by atoms with E-state index in [1.54, 1.807) is 13.8 Å².